The van der Waals surface area contributed by atoms with Crippen LogP contribution in [0.1, 0.15) is 58.8 Å². The first-order valence-corrected chi connectivity index (χ1v) is 9.96. The quantitative estimate of drug-likeness (QED) is 0.402. The highest BCUT2D eigenvalue weighted by molar-refractivity contribution is 5.90. The van der Waals surface area contributed by atoms with E-state index in [4.69, 9.17) is 9.47 Å². The molecule has 2 aliphatic carbocycles. The van der Waals surface area contributed by atoms with Crippen molar-refractivity contribution in [3.05, 3.63) is 23.8 Å². The van der Waals surface area contributed by atoms with E-state index in [2.05, 4.69) is 13.5 Å². The van der Waals surface area contributed by atoms with Crippen LogP contribution in [0.25, 0.3) is 0 Å². The second-order valence-corrected chi connectivity index (χ2v) is 8.69. The largest absolute Gasteiger partial charge is 0.465 e. The summed E-state index contributed by atoms with van der Waals surface area (Å²) in [5.41, 5.74) is 1.15. The maximum absolute atomic E-state index is 12.5. The van der Waals surface area contributed by atoms with Gasteiger partial charge in [0, 0.05) is 23.3 Å². The minimum atomic E-state index is -0.481. The van der Waals surface area contributed by atoms with E-state index in [1.807, 2.05) is 6.08 Å². The Balaban J connectivity index is 1.84. The monoisotopic (exact) mass is 374 g/mol. The van der Waals surface area contributed by atoms with Crippen LogP contribution in [0, 0.1) is 22.7 Å². The number of ether oxygens (including phenoxy) is 2. The second-order valence-electron chi connectivity index (χ2n) is 8.69. The van der Waals surface area contributed by atoms with Crippen molar-refractivity contribution in [3.8, 4) is 0 Å². The number of carbonyl (C=O) groups excluding carboxylic acids is 3. The minimum absolute atomic E-state index is 0.0556. The normalized spacial score (nSPS) is 35.9. The third-order valence-electron chi connectivity index (χ3n) is 7.08. The third kappa shape index (κ3) is 3.61. The molecule has 0 saturated heterocycles. The summed E-state index contributed by atoms with van der Waals surface area (Å²) in [7, 11) is 0. The highest BCUT2D eigenvalue weighted by atomic mass is 16.5. The molecule has 0 unspecified atom stereocenters. The summed E-state index contributed by atoms with van der Waals surface area (Å²) in [5, 5.41) is 0. The Morgan fingerprint density at radius 2 is 2.22 bits per heavy atom. The SMILES string of the molecule is C=C1CC[C@@H]2[C@](C)(COC(C)=O)CCC[C@@]2(C=O)[C@@H]1CCC1=CCOC1=O. The van der Waals surface area contributed by atoms with Crippen LogP contribution >= 0.6 is 0 Å². The van der Waals surface area contributed by atoms with Gasteiger partial charge in [-0.2, -0.15) is 0 Å². The minimum Gasteiger partial charge on any atom is -0.465 e. The van der Waals surface area contributed by atoms with E-state index in [1.54, 1.807) is 0 Å². The van der Waals surface area contributed by atoms with Crippen molar-refractivity contribution >= 4 is 18.2 Å². The fourth-order valence-corrected chi connectivity index (χ4v) is 5.75. The van der Waals surface area contributed by atoms with E-state index in [-0.39, 0.29) is 29.2 Å². The number of rotatable bonds is 6. The Morgan fingerprint density at radius 3 is 2.85 bits per heavy atom. The zero-order chi connectivity index (χ0) is 19.7. The molecular formula is C22H30O5. The molecule has 3 aliphatic rings. The molecule has 4 atom stereocenters. The molecule has 2 fully saturated rings. The van der Waals surface area contributed by atoms with Gasteiger partial charge in [-0.05, 0) is 56.4 Å². The van der Waals surface area contributed by atoms with Crippen LogP contribution in [-0.4, -0.2) is 31.4 Å². The van der Waals surface area contributed by atoms with E-state index in [0.29, 0.717) is 25.2 Å². The zero-order valence-corrected chi connectivity index (χ0v) is 16.4. The summed E-state index contributed by atoms with van der Waals surface area (Å²) in [6.07, 6.45) is 8.84. The Labute approximate surface area is 161 Å². The molecule has 148 valence electrons. The van der Waals surface area contributed by atoms with Crippen LogP contribution < -0.4 is 0 Å². The Hall–Kier alpha value is -1.91. The van der Waals surface area contributed by atoms with Crippen molar-refractivity contribution in [1.29, 1.82) is 0 Å². The van der Waals surface area contributed by atoms with Crippen LogP contribution in [-0.2, 0) is 23.9 Å². The number of hydrogen-bond acceptors (Lipinski definition) is 5. The molecular weight excluding hydrogens is 344 g/mol. The van der Waals surface area contributed by atoms with E-state index in [0.717, 1.165) is 50.4 Å². The topological polar surface area (TPSA) is 69.7 Å². The molecule has 5 heteroatoms. The predicted octanol–water partition coefficient (Wildman–Crippen LogP) is 3.77. The van der Waals surface area contributed by atoms with Gasteiger partial charge in [0.05, 0.1) is 6.61 Å². The Bertz CT molecular complexity index is 678. The summed E-state index contributed by atoms with van der Waals surface area (Å²) in [5.74, 6) is -0.297. The standard InChI is InChI=1S/C22H30O5/c1-15-5-8-19-21(3,14-27-16(2)24)10-4-11-22(19,13-23)18(15)7-6-17-9-12-26-20(17)25/h9,13,18-19H,1,4-8,10-12,14H2,2-3H3/t18-,19-,21+,22-/m1/s1. The molecule has 0 spiro atoms. The molecule has 1 aliphatic heterocycles. The van der Waals surface area contributed by atoms with Gasteiger partial charge in [-0.1, -0.05) is 25.5 Å². The van der Waals surface area contributed by atoms with E-state index >= 15 is 0 Å². The van der Waals surface area contributed by atoms with Crippen molar-refractivity contribution in [2.45, 2.75) is 58.8 Å². The molecule has 3 rings (SSSR count). The van der Waals surface area contributed by atoms with Gasteiger partial charge in [-0.3, -0.25) is 4.79 Å². The number of fused-ring (bicyclic) bond motifs is 1. The average Bonchev–Trinajstić information content (AvgIpc) is 3.04. The number of aldehydes is 1. The van der Waals surface area contributed by atoms with Gasteiger partial charge in [0.25, 0.3) is 0 Å². The van der Waals surface area contributed by atoms with Gasteiger partial charge in [0.2, 0.25) is 0 Å². The summed E-state index contributed by atoms with van der Waals surface area (Å²) < 4.78 is 10.4. The molecule has 1 heterocycles. The molecule has 0 aromatic rings. The Morgan fingerprint density at radius 1 is 1.44 bits per heavy atom. The lowest BCUT2D eigenvalue weighted by Crippen LogP contribution is -2.54. The highest BCUT2D eigenvalue weighted by Gasteiger charge is 2.57. The fraction of sp³-hybridized carbons (Fsp3) is 0.682. The van der Waals surface area contributed by atoms with E-state index < -0.39 is 5.41 Å². The van der Waals surface area contributed by atoms with Gasteiger partial charge in [-0.15, -0.1) is 0 Å². The average molecular weight is 374 g/mol. The number of carbonyl (C=O) groups is 3. The molecule has 0 aromatic carbocycles. The van der Waals surface area contributed by atoms with Crippen molar-refractivity contribution in [2.24, 2.45) is 22.7 Å². The third-order valence-corrected chi connectivity index (χ3v) is 7.08. The lowest BCUT2D eigenvalue weighted by atomic mass is 9.46. The smallest absolute Gasteiger partial charge is 0.334 e. The maximum atomic E-state index is 12.5. The second kappa shape index (κ2) is 7.61. The Kier molecular flexibility index (Phi) is 5.59. The molecule has 5 nitrogen and oxygen atoms in total. The molecule has 0 amide bonds. The molecule has 0 aromatic heterocycles. The molecule has 0 bridgehead atoms. The van der Waals surface area contributed by atoms with E-state index in [9.17, 15) is 14.4 Å². The van der Waals surface area contributed by atoms with Crippen LogP contribution in [0.5, 0.6) is 0 Å². The first kappa shape index (κ1) is 19.8. The van der Waals surface area contributed by atoms with Crippen LogP contribution in [0.2, 0.25) is 0 Å². The number of hydrogen-bond donors (Lipinski definition) is 0. The van der Waals surface area contributed by atoms with Gasteiger partial charge >= 0.3 is 11.9 Å². The lowest BCUT2D eigenvalue weighted by molar-refractivity contribution is -0.156. The van der Waals surface area contributed by atoms with Crippen LogP contribution in [0.4, 0.5) is 0 Å². The molecule has 2 saturated carbocycles. The van der Waals surface area contributed by atoms with Gasteiger partial charge in [0.15, 0.2) is 0 Å². The summed E-state index contributed by atoms with van der Waals surface area (Å²) in [6.45, 7) is 8.58. The van der Waals surface area contributed by atoms with Gasteiger partial charge in [0.1, 0.15) is 12.9 Å². The van der Waals surface area contributed by atoms with Crippen molar-refractivity contribution in [3.63, 3.8) is 0 Å². The molecule has 0 radical (unpaired) electrons. The van der Waals surface area contributed by atoms with E-state index in [1.165, 1.54) is 6.92 Å². The maximum Gasteiger partial charge on any atom is 0.334 e. The van der Waals surface area contributed by atoms with Crippen LogP contribution in [0.3, 0.4) is 0 Å². The summed E-state index contributed by atoms with van der Waals surface area (Å²) >= 11 is 0. The fourth-order valence-electron chi connectivity index (χ4n) is 5.75. The zero-order valence-electron chi connectivity index (χ0n) is 16.4. The van der Waals surface area contributed by atoms with Gasteiger partial charge in [-0.25, -0.2) is 4.79 Å². The number of esters is 2. The molecule has 27 heavy (non-hydrogen) atoms. The van der Waals surface area contributed by atoms with Crippen LogP contribution in [0.15, 0.2) is 23.8 Å². The number of cyclic esters (lactones) is 1. The highest BCUT2D eigenvalue weighted by Crippen LogP contribution is 2.61. The van der Waals surface area contributed by atoms with Gasteiger partial charge < -0.3 is 14.3 Å². The van der Waals surface area contributed by atoms with Crippen molar-refractivity contribution in [1.82, 2.24) is 0 Å². The summed E-state index contributed by atoms with van der Waals surface area (Å²) in [4.78, 5) is 35.7. The van der Waals surface area contributed by atoms with Crippen molar-refractivity contribution < 1.29 is 23.9 Å². The van der Waals surface area contributed by atoms with Crippen molar-refractivity contribution in [2.75, 3.05) is 13.2 Å². The first-order valence-electron chi connectivity index (χ1n) is 9.96. The molecule has 0 N–H and O–H groups in total. The first-order chi connectivity index (χ1) is 12.8. The number of allylic oxidation sites excluding steroid dienone is 1. The predicted molar refractivity (Wildman–Crippen MR) is 101 cm³/mol. The summed E-state index contributed by atoms with van der Waals surface area (Å²) in [6, 6.07) is 0. The lowest BCUT2D eigenvalue weighted by Gasteiger charge is -2.57.